The van der Waals surface area contributed by atoms with Crippen LogP contribution in [0.5, 0.6) is 17.2 Å². The number of ether oxygens (including phenoxy) is 3. The number of nitrogens with zero attached hydrogens (tertiary/aromatic N) is 3. The van der Waals surface area contributed by atoms with Crippen LogP contribution >= 0.6 is 28.1 Å². The number of rotatable bonds is 6. The van der Waals surface area contributed by atoms with Crippen LogP contribution in [0.4, 0.5) is 0 Å². The molecule has 0 unspecified atom stereocenters. The van der Waals surface area contributed by atoms with E-state index in [9.17, 15) is 4.79 Å². The van der Waals surface area contributed by atoms with Crippen molar-refractivity contribution in [3.05, 3.63) is 58.3 Å². The van der Waals surface area contributed by atoms with Crippen LogP contribution in [0.15, 0.2) is 52.8 Å². The normalized spacial score (nSPS) is 16.5. The fraction of sp³-hybridized carbons (Fsp3) is 0.250. The topological polar surface area (TPSA) is 56.2 Å². The van der Waals surface area contributed by atoms with E-state index < -0.39 is 0 Å². The largest absolute Gasteiger partial charge is 0.492 e. The van der Waals surface area contributed by atoms with Gasteiger partial charge in [-0.3, -0.25) is 9.69 Å². The highest BCUT2D eigenvalue weighted by molar-refractivity contribution is 9.10. The molecule has 1 aromatic heterocycles. The van der Waals surface area contributed by atoms with Crippen molar-refractivity contribution < 1.29 is 19.0 Å². The third-order valence-electron chi connectivity index (χ3n) is 5.77. The fourth-order valence-corrected chi connectivity index (χ4v) is 4.73. The van der Waals surface area contributed by atoms with Gasteiger partial charge in [0, 0.05) is 46.8 Å². The second-order valence-electron chi connectivity index (χ2n) is 7.72. The zero-order chi connectivity index (χ0) is 23.1. The Hall–Kier alpha value is -3.04. The van der Waals surface area contributed by atoms with Crippen LogP contribution in [0.1, 0.15) is 12.5 Å². The molecule has 1 amide bonds. The first-order chi connectivity index (χ1) is 16.0. The number of thiocarbonyl (C=S) groups is 1. The number of benzene rings is 2. The molecule has 0 saturated carbocycles. The quantitative estimate of drug-likeness (QED) is 0.344. The number of hydrogen-bond donors (Lipinski definition) is 0. The van der Waals surface area contributed by atoms with Gasteiger partial charge in [-0.2, -0.15) is 0 Å². The predicted octanol–water partition coefficient (Wildman–Crippen LogP) is 4.63. The molecule has 0 bridgehead atoms. The van der Waals surface area contributed by atoms with Gasteiger partial charge in [-0.25, -0.2) is 0 Å². The lowest BCUT2D eigenvalue weighted by molar-refractivity contribution is -0.122. The number of aromatic nitrogens is 1. The average Bonchev–Trinajstić information content (AvgIpc) is 3.46. The molecule has 2 aromatic carbocycles. The number of halogens is 1. The number of fused-ring (bicyclic) bond motifs is 2. The maximum absolute atomic E-state index is 12.9. The molecule has 3 heterocycles. The molecular formula is C24H22BrN3O4S. The Morgan fingerprint density at radius 2 is 2.00 bits per heavy atom. The summed E-state index contributed by atoms with van der Waals surface area (Å²) in [5.74, 6) is 2.08. The zero-order valence-electron chi connectivity index (χ0n) is 18.2. The molecule has 2 aliphatic heterocycles. The van der Waals surface area contributed by atoms with Gasteiger partial charge in [0.05, 0.1) is 6.54 Å². The fourth-order valence-electron chi connectivity index (χ4n) is 4.06. The molecule has 170 valence electrons. The van der Waals surface area contributed by atoms with E-state index in [0.29, 0.717) is 36.3 Å². The highest BCUT2D eigenvalue weighted by Gasteiger charge is 2.34. The summed E-state index contributed by atoms with van der Waals surface area (Å²) in [6, 6.07) is 11.7. The van der Waals surface area contributed by atoms with E-state index in [1.807, 2.05) is 50.5 Å². The number of carbonyl (C=O) groups excluding carboxylic acids is 1. The van der Waals surface area contributed by atoms with Gasteiger partial charge in [0.1, 0.15) is 18.1 Å². The Bertz CT molecular complexity index is 1300. The van der Waals surface area contributed by atoms with Gasteiger partial charge < -0.3 is 23.7 Å². The molecule has 3 aromatic rings. The minimum Gasteiger partial charge on any atom is -0.492 e. The molecule has 1 saturated heterocycles. The molecule has 0 aliphatic carbocycles. The summed E-state index contributed by atoms with van der Waals surface area (Å²) < 4.78 is 19.8. The second kappa shape index (κ2) is 8.72. The average molecular weight is 528 g/mol. The Labute approximate surface area is 205 Å². The van der Waals surface area contributed by atoms with Crippen molar-refractivity contribution in [3.63, 3.8) is 0 Å². The minimum absolute atomic E-state index is 0.0768. The van der Waals surface area contributed by atoms with E-state index in [4.69, 9.17) is 26.4 Å². The molecule has 5 rings (SSSR count). The van der Waals surface area contributed by atoms with Gasteiger partial charge in [-0.1, -0.05) is 15.9 Å². The third kappa shape index (κ3) is 3.95. The smallest absolute Gasteiger partial charge is 0.276 e. The van der Waals surface area contributed by atoms with Crippen LogP contribution < -0.4 is 14.2 Å². The van der Waals surface area contributed by atoms with Crippen molar-refractivity contribution in [1.82, 2.24) is 14.4 Å². The van der Waals surface area contributed by atoms with Crippen LogP contribution in [0, 0.1) is 0 Å². The second-order valence-corrected chi connectivity index (χ2v) is 9.00. The van der Waals surface area contributed by atoms with Crippen LogP contribution in [0.2, 0.25) is 0 Å². The number of amides is 1. The van der Waals surface area contributed by atoms with Crippen LogP contribution in [0.3, 0.4) is 0 Å². The Kier molecular flexibility index (Phi) is 5.76. The molecule has 0 N–H and O–H groups in total. The van der Waals surface area contributed by atoms with Crippen LogP contribution in [-0.2, 0) is 11.3 Å². The molecular weight excluding hydrogens is 506 g/mol. The summed E-state index contributed by atoms with van der Waals surface area (Å²) in [6.45, 7) is 3.81. The summed E-state index contributed by atoms with van der Waals surface area (Å²) in [5.41, 5.74) is 2.57. The summed E-state index contributed by atoms with van der Waals surface area (Å²) in [4.78, 5) is 16.2. The molecule has 9 heteroatoms. The zero-order valence-corrected chi connectivity index (χ0v) is 20.6. The Morgan fingerprint density at radius 3 is 2.79 bits per heavy atom. The summed E-state index contributed by atoms with van der Waals surface area (Å²) in [5, 5.41) is 1.57. The third-order valence-corrected chi connectivity index (χ3v) is 6.76. The van der Waals surface area contributed by atoms with Gasteiger partial charge in [-0.15, -0.1) is 0 Å². The van der Waals surface area contributed by atoms with Gasteiger partial charge in [-0.05, 0) is 55.5 Å². The molecule has 2 aliphatic rings. The molecule has 7 nitrogen and oxygen atoms in total. The van der Waals surface area contributed by atoms with E-state index in [0.717, 1.165) is 32.4 Å². The highest BCUT2D eigenvalue weighted by atomic mass is 79.9. The van der Waals surface area contributed by atoms with Crippen molar-refractivity contribution in [1.29, 1.82) is 0 Å². The minimum atomic E-state index is -0.0768. The van der Waals surface area contributed by atoms with Crippen LogP contribution in [0.25, 0.3) is 17.0 Å². The van der Waals surface area contributed by atoms with Crippen molar-refractivity contribution >= 4 is 56.1 Å². The Balaban J connectivity index is 1.41. The maximum atomic E-state index is 12.9. The van der Waals surface area contributed by atoms with Crippen molar-refractivity contribution in [3.8, 4) is 17.2 Å². The van der Waals surface area contributed by atoms with Gasteiger partial charge in [0.2, 0.25) is 6.79 Å². The standard InChI is InChI=1S/C24H22BrN3O4S/c1-3-28-23(29)20(26(2)24(28)33)10-15-13-27(19-6-4-16(25)11-18(15)19)8-9-30-17-5-7-21-22(12-17)32-14-31-21/h4-7,10-13H,3,8-9,14H2,1-2H3/b20-10-. The summed E-state index contributed by atoms with van der Waals surface area (Å²) >= 11 is 9.00. The van der Waals surface area contributed by atoms with Crippen molar-refractivity contribution in [2.24, 2.45) is 0 Å². The number of hydrogen-bond acceptors (Lipinski definition) is 5. The first-order valence-corrected chi connectivity index (χ1v) is 11.8. The molecule has 0 radical (unpaired) electrons. The summed E-state index contributed by atoms with van der Waals surface area (Å²) in [7, 11) is 1.83. The van der Waals surface area contributed by atoms with E-state index in [2.05, 4.69) is 32.6 Å². The highest BCUT2D eigenvalue weighted by Crippen LogP contribution is 2.35. The van der Waals surface area contributed by atoms with E-state index in [1.54, 1.807) is 9.80 Å². The number of likely N-dealkylation sites (N-methyl/N-ethyl adjacent to an activating group) is 2. The van der Waals surface area contributed by atoms with E-state index >= 15 is 0 Å². The van der Waals surface area contributed by atoms with Gasteiger partial charge >= 0.3 is 0 Å². The molecule has 0 spiro atoms. The monoisotopic (exact) mass is 527 g/mol. The lowest BCUT2D eigenvalue weighted by atomic mass is 10.1. The van der Waals surface area contributed by atoms with E-state index in [-0.39, 0.29) is 12.7 Å². The Morgan fingerprint density at radius 1 is 1.18 bits per heavy atom. The molecule has 1 fully saturated rings. The van der Waals surface area contributed by atoms with Crippen LogP contribution in [-0.4, -0.2) is 52.4 Å². The molecule has 0 atom stereocenters. The first kappa shape index (κ1) is 21.8. The number of carbonyl (C=O) groups is 1. The lowest BCUT2D eigenvalue weighted by Gasteiger charge is -2.13. The van der Waals surface area contributed by atoms with Gasteiger partial charge in [0.25, 0.3) is 5.91 Å². The van der Waals surface area contributed by atoms with Crippen molar-refractivity contribution in [2.75, 3.05) is 27.0 Å². The predicted molar refractivity (Wildman–Crippen MR) is 133 cm³/mol. The maximum Gasteiger partial charge on any atom is 0.276 e. The first-order valence-electron chi connectivity index (χ1n) is 10.6. The van der Waals surface area contributed by atoms with Crippen molar-refractivity contribution in [2.45, 2.75) is 13.5 Å². The molecule has 33 heavy (non-hydrogen) atoms. The van der Waals surface area contributed by atoms with Gasteiger partial charge in [0.15, 0.2) is 16.6 Å². The SMILES string of the molecule is CCN1C(=O)/C(=C/c2cn(CCOc3ccc4c(c3)OCO4)c3ccc(Br)cc23)N(C)C1=S. The van der Waals surface area contributed by atoms with E-state index in [1.165, 1.54) is 0 Å². The summed E-state index contributed by atoms with van der Waals surface area (Å²) in [6.07, 6.45) is 3.96. The lowest BCUT2D eigenvalue weighted by Crippen LogP contribution is -2.30.